The maximum Gasteiger partial charge on any atom is 0.420 e. The molecule has 0 aliphatic carbocycles. The largest absolute Gasteiger partial charge is 0.465 e. The van der Waals surface area contributed by atoms with E-state index in [0.29, 0.717) is 4.88 Å². The Kier molecular flexibility index (Phi) is 4.30. The van der Waals surface area contributed by atoms with Crippen LogP contribution in [0, 0.1) is 6.92 Å². The number of rotatable bonds is 3. The normalized spacial score (nSPS) is 10.8. The number of amides is 1. The van der Waals surface area contributed by atoms with Crippen molar-refractivity contribution < 1.29 is 27.5 Å². The second kappa shape index (κ2) is 5.36. The fourth-order valence-electron chi connectivity index (χ4n) is 1.23. The summed E-state index contributed by atoms with van der Waals surface area (Å²) >= 11 is 1.06. The highest BCUT2D eigenvalue weighted by atomic mass is 32.2. The van der Waals surface area contributed by atoms with Gasteiger partial charge >= 0.3 is 12.1 Å². The van der Waals surface area contributed by atoms with Gasteiger partial charge in [-0.3, -0.25) is 0 Å². The number of thiophene rings is 1. The highest BCUT2D eigenvalue weighted by Gasteiger charge is 2.28. The Balaban J connectivity index is 3.28. The Morgan fingerprint density at radius 3 is 2.39 bits per heavy atom. The number of aryl methyl sites for hydroxylation is 1. The topological polar surface area (TPSA) is 98.8 Å². The van der Waals surface area contributed by atoms with Crippen LogP contribution in [0.2, 0.25) is 0 Å². The molecule has 0 spiro atoms. The summed E-state index contributed by atoms with van der Waals surface area (Å²) in [5.74, 6) is -0.787. The number of methoxy groups -OCH3 is 2. The van der Waals surface area contributed by atoms with Gasteiger partial charge in [-0.15, -0.1) is 11.3 Å². The van der Waals surface area contributed by atoms with E-state index in [4.69, 9.17) is 0 Å². The van der Waals surface area contributed by atoms with Crippen LogP contribution < -0.4 is 4.72 Å². The maximum absolute atomic E-state index is 11.9. The molecular formula is C9H11NO6S2. The maximum atomic E-state index is 11.9. The molecule has 0 saturated heterocycles. The monoisotopic (exact) mass is 293 g/mol. The molecule has 7 nitrogen and oxygen atoms in total. The number of sulfonamides is 1. The number of nitrogens with one attached hydrogen (secondary N) is 1. The minimum absolute atomic E-state index is 0.114. The van der Waals surface area contributed by atoms with Gasteiger partial charge in [-0.05, 0) is 6.92 Å². The van der Waals surface area contributed by atoms with Crippen LogP contribution in [0.25, 0.3) is 0 Å². The van der Waals surface area contributed by atoms with Crippen molar-refractivity contribution in [2.24, 2.45) is 0 Å². The third kappa shape index (κ3) is 2.79. The summed E-state index contributed by atoms with van der Waals surface area (Å²) in [5, 5.41) is 1.35. The van der Waals surface area contributed by atoms with E-state index in [9.17, 15) is 18.0 Å². The molecular weight excluding hydrogens is 282 g/mol. The molecule has 1 N–H and O–H groups in total. The molecule has 0 aromatic carbocycles. The second-order valence-corrected chi connectivity index (χ2v) is 5.83. The van der Waals surface area contributed by atoms with Crippen LogP contribution in [0.5, 0.6) is 0 Å². The Bertz CT molecular complexity index is 574. The quantitative estimate of drug-likeness (QED) is 0.831. The van der Waals surface area contributed by atoms with Crippen LogP contribution in [0.4, 0.5) is 4.79 Å². The average Bonchev–Trinajstić information content (AvgIpc) is 2.70. The summed E-state index contributed by atoms with van der Waals surface area (Å²) in [6.07, 6.45) is -1.13. The number of carbonyl (C=O) groups is 2. The van der Waals surface area contributed by atoms with Gasteiger partial charge in [-0.25, -0.2) is 22.7 Å². The molecule has 0 aliphatic heterocycles. The van der Waals surface area contributed by atoms with E-state index in [1.165, 1.54) is 12.3 Å². The van der Waals surface area contributed by atoms with Gasteiger partial charge in [0.15, 0.2) is 0 Å². The van der Waals surface area contributed by atoms with Gasteiger partial charge in [0.1, 0.15) is 4.90 Å². The third-order valence-electron chi connectivity index (χ3n) is 2.00. The summed E-state index contributed by atoms with van der Waals surface area (Å²) in [4.78, 5) is 22.5. The highest BCUT2D eigenvalue weighted by molar-refractivity contribution is 7.90. The van der Waals surface area contributed by atoms with Crippen molar-refractivity contribution in [3.05, 3.63) is 15.8 Å². The Labute approximate surface area is 108 Å². The standard InChI is InChI=1S/C9H11NO6S2/c1-5-7(6(4-17-5)8(11)15-2)18(13,14)10-9(12)16-3/h4H,1-3H3,(H,10,12). The van der Waals surface area contributed by atoms with Crippen molar-refractivity contribution in [2.75, 3.05) is 14.2 Å². The van der Waals surface area contributed by atoms with Crippen LogP contribution in [0.1, 0.15) is 15.2 Å². The van der Waals surface area contributed by atoms with Gasteiger partial charge in [0.05, 0.1) is 19.8 Å². The van der Waals surface area contributed by atoms with Gasteiger partial charge in [-0.2, -0.15) is 0 Å². The molecule has 0 atom stereocenters. The number of carbonyl (C=O) groups excluding carboxylic acids is 2. The first kappa shape index (κ1) is 14.5. The molecule has 0 bridgehead atoms. The predicted octanol–water partition coefficient (Wildman–Crippen LogP) is 0.888. The van der Waals surface area contributed by atoms with Crippen LogP contribution in [0.3, 0.4) is 0 Å². The van der Waals surface area contributed by atoms with E-state index in [1.54, 1.807) is 4.72 Å². The Morgan fingerprint density at radius 1 is 1.28 bits per heavy atom. The van der Waals surface area contributed by atoms with Gasteiger partial charge in [-0.1, -0.05) is 0 Å². The van der Waals surface area contributed by atoms with Crippen molar-refractivity contribution in [3.8, 4) is 0 Å². The van der Waals surface area contributed by atoms with E-state index in [2.05, 4.69) is 9.47 Å². The second-order valence-electron chi connectivity index (χ2n) is 3.12. The number of ether oxygens (including phenoxy) is 2. The molecule has 100 valence electrons. The fraction of sp³-hybridized carbons (Fsp3) is 0.333. The molecule has 1 aromatic rings. The predicted molar refractivity (Wildman–Crippen MR) is 63.1 cm³/mol. The summed E-state index contributed by atoms with van der Waals surface area (Å²) in [6, 6.07) is 0. The molecule has 9 heteroatoms. The molecule has 0 saturated carbocycles. The fourth-order valence-corrected chi connectivity index (χ4v) is 3.72. The molecule has 1 rings (SSSR count). The summed E-state index contributed by atoms with van der Waals surface area (Å²) in [5.41, 5.74) is -0.114. The number of hydrogen-bond donors (Lipinski definition) is 1. The van der Waals surface area contributed by atoms with E-state index in [-0.39, 0.29) is 10.5 Å². The van der Waals surface area contributed by atoms with E-state index in [0.717, 1.165) is 25.6 Å². The van der Waals surface area contributed by atoms with Crippen molar-refractivity contribution >= 4 is 33.4 Å². The first-order chi connectivity index (χ1) is 8.33. The SMILES string of the molecule is COC(=O)NS(=O)(=O)c1c(C(=O)OC)csc1C. The van der Waals surface area contributed by atoms with Crippen molar-refractivity contribution in [1.29, 1.82) is 0 Å². The van der Waals surface area contributed by atoms with Crippen molar-refractivity contribution in [1.82, 2.24) is 4.72 Å². The Hall–Kier alpha value is -1.61. The zero-order chi connectivity index (χ0) is 13.9. The smallest absolute Gasteiger partial charge is 0.420 e. The van der Waals surface area contributed by atoms with Crippen LogP contribution in [-0.4, -0.2) is 34.7 Å². The summed E-state index contributed by atoms with van der Waals surface area (Å²) in [6.45, 7) is 1.52. The average molecular weight is 293 g/mol. The molecule has 0 radical (unpaired) electrons. The zero-order valence-electron chi connectivity index (χ0n) is 9.84. The van der Waals surface area contributed by atoms with Gasteiger partial charge < -0.3 is 9.47 Å². The number of esters is 1. The zero-order valence-corrected chi connectivity index (χ0v) is 11.5. The van der Waals surface area contributed by atoms with Crippen LogP contribution in [0.15, 0.2) is 10.3 Å². The van der Waals surface area contributed by atoms with Crippen molar-refractivity contribution in [3.63, 3.8) is 0 Å². The minimum Gasteiger partial charge on any atom is -0.465 e. The first-order valence-corrected chi connectivity index (χ1v) is 6.97. The summed E-state index contributed by atoms with van der Waals surface area (Å²) in [7, 11) is -1.99. The Morgan fingerprint density at radius 2 is 1.89 bits per heavy atom. The molecule has 0 aliphatic rings. The molecule has 1 aromatic heterocycles. The highest BCUT2D eigenvalue weighted by Crippen LogP contribution is 2.27. The van der Waals surface area contributed by atoms with Gasteiger partial charge in [0.25, 0.3) is 10.0 Å². The van der Waals surface area contributed by atoms with E-state index >= 15 is 0 Å². The van der Waals surface area contributed by atoms with Gasteiger partial charge in [0.2, 0.25) is 0 Å². The molecule has 0 fully saturated rings. The summed E-state index contributed by atoms with van der Waals surface area (Å²) < 4.78 is 34.2. The lowest BCUT2D eigenvalue weighted by Crippen LogP contribution is -2.31. The lowest BCUT2D eigenvalue weighted by molar-refractivity contribution is 0.0597. The lowest BCUT2D eigenvalue weighted by Gasteiger charge is -2.07. The van der Waals surface area contributed by atoms with Crippen LogP contribution in [-0.2, 0) is 19.5 Å². The molecule has 0 unspecified atom stereocenters. The molecule has 18 heavy (non-hydrogen) atoms. The van der Waals surface area contributed by atoms with Crippen molar-refractivity contribution in [2.45, 2.75) is 11.8 Å². The first-order valence-electron chi connectivity index (χ1n) is 4.60. The third-order valence-corrected chi connectivity index (χ3v) is 4.53. The van der Waals surface area contributed by atoms with E-state index < -0.39 is 22.1 Å². The molecule has 1 heterocycles. The lowest BCUT2D eigenvalue weighted by atomic mass is 10.3. The van der Waals surface area contributed by atoms with Gasteiger partial charge in [0, 0.05) is 10.3 Å². The minimum atomic E-state index is -4.16. The van der Waals surface area contributed by atoms with Crippen LogP contribution >= 0.6 is 11.3 Å². The number of hydrogen-bond acceptors (Lipinski definition) is 7. The van der Waals surface area contributed by atoms with E-state index in [1.807, 2.05) is 0 Å². The molecule has 1 amide bonds.